The number of hydrogen-bond acceptors (Lipinski definition) is 2. The summed E-state index contributed by atoms with van der Waals surface area (Å²) in [5.41, 5.74) is -0.279. The number of alkyl halides is 2. The third kappa shape index (κ3) is 2.04. The molecule has 0 bridgehead atoms. The molecule has 0 aliphatic heterocycles. The zero-order chi connectivity index (χ0) is 10.7. The molecule has 0 heterocycles. The first-order valence-electron chi connectivity index (χ1n) is 3.75. The summed E-state index contributed by atoms with van der Waals surface area (Å²) in [4.78, 5) is 10.4. The Kier molecular flexibility index (Phi) is 3.11. The largest absolute Gasteiger partial charge is 0.434 e. The summed E-state index contributed by atoms with van der Waals surface area (Å²) in [6.45, 7) is -1.65. The SMILES string of the molecule is Cc1ccc(OC(F)F)c(C=O)c1F. The van der Waals surface area contributed by atoms with Crippen LogP contribution in [0, 0.1) is 12.7 Å². The second-order valence-electron chi connectivity index (χ2n) is 2.60. The van der Waals surface area contributed by atoms with Gasteiger partial charge in [0.15, 0.2) is 6.29 Å². The summed E-state index contributed by atoms with van der Waals surface area (Å²) in [6, 6.07) is 2.40. The number of ether oxygens (including phenoxy) is 1. The van der Waals surface area contributed by atoms with Gasteiger partial charge in [0.2, 0.25) is 0 Å². The molecule has 5 heteroatoms. The van der Waals surface area contributed by atoms with E-state index in [4.69, 9.17) is 0 Å². The van der Waals surface area contributed by atoms with E-state index in [9.17, 15) is 18.0 Å². The minimum atomic E-state index is -3.07. The second kappa shape index (κ2) is 4.13. The maximum absolute atomic E-state index is 13.2. The third-order valence-corrected chi connectivity index (χ3v) is 1.67. The summed E-state index contributed by atoms with van der Waals surface area (Å²) in [5, 5.41) is 0. The van der Waals surface area contributed by atoms with Gasteiger partial charge in [0.1, 0.15) is 11.6 Å². The van der Waals surface area contributed by atoms with Crippen LogP contribution in [0.25, 0.3) is 0 Å². The smallest absolute Gasteiger partial charge is 0.387 e. The van der Waals surface area contributed by atoms with Crippen LogP contribution in [0.1, 0.15) is 15.9 Å². The first-order chi connectivity index (χ1) is 6.56. The van der Waals surface area contributed by atoms with Crippen molar-refractivity contribution in [3.05, 3.63) is 29.1 Å². The quantitative estimate of drug-likeness (QED) is 0.707. The maximum atomic E-state index is 13.2. The molecule has 0 aromatic heterocycles. The Bertz CT molecular complexity index is 350. The molecule has 0 N–H and O–H groups in total. The van der Waals surface area contributed by atoms with Crippen molar-refractivity contribution >= 4 is 6.29 Å². The Hall–Kier alpha value is -1.52. The van der Waals surface area contributed by atoms with E-state index in [1.165, 1.54) is 13.0 Å². The van der Waals surface area contributed by atoms with Gasteiger partial charge in [-0.25, -0.2) is 4.39 Å². The molecule has 0 spiro atoms. The summed E-state index contributed by atoms with van der Waals surface area (Å²) in [5.74, 6) is -1.28. The Morgan fingerprint density at radius 2 is 2.07 bits per heavy atom. The zero-order valence-corrected chi connectivity index (χ0v) is 7.26. The number of rotatable bonds is 3. The number of carbonyl (C=O) groups excluding carboxylic acids is 1. The molecule has 0 radical (unpaired) electrons. The molecule has 14 heavy (non-hydrogen) atoms. The average molecular weight is 204 g/mol. The third-order valence-electron chi connectivity index (χ3n) is 1.67. The Labute approximate surface area is 78.3 Å². The minimum absolute atomic E-state index is 0.153. The molecular weight excluding hydrogens is 197 g/mol. The van der Waals surface area contributed by atoms with Crippen molar-refractivity contribution in [1.82, 2.24) is 0 Å². The van der Waals surface area contributed by atoms with Crippen molar-refractivity contribution < 1.29 is 22.7 Å². The molecule has 0 amide bonds. The van der Waals surface area contributed by atoms with Gasteiger partial charge in [0.25, 0.3) is 0 Å². The van der Waals surface area contributed by atoms with Crippen LogP contribution < -0.4 is 4.74 Å². The highest BCUT2D eigenvalue weighted by Gasteiger charge is 2.14. The van der Waals surface area contributed by atoms with Gasteiger partial charge in [0, 0.05) is 0 Å². The van der Waals surface area contributed by atoms with Gasteiger partial charge < -0.3 is 4.74 Å². The molecule has 0 saturated carbocycles. The van der Waals surface area contributed by atoms with E-state index in [1.807, 2.05) is 0 Å². The van der Waals surface area contributed by atoms with Crippen LogP contribution in [0.15, 0.2) is 12.1 Å². The van der Waals surface area contributed by atoms with Gasteiger partial charge >= 0.3 is 6.61 Å². The predicted octanol–water partition coefficient (Wildman–Crippen LogP) is 2.55. The van der Waals surface area contributed by atoms with E-state index >= 15 is 0 Å². The van der Waals surface area contributed by atoms with Crippen LogP contribution in [-0.2, 0) is 0 Å². The van der Waals surface area contributed by atoms with Crippen LogP contribution >= 0.6 is 0 Å². The zero-order valence-electron chi connectivity index (χ0n) is 7.26. The van der Waals surface area contributed by atoms with Crippen molar-refractivity contribution in [2.45, 2.75) is 13.5 Å². The fourth-order valence-electron chi connectivity index (χ4n) is 0.993. The number of hydrogen-bond donors (Lipinski definition) is 0. The normalized spacial score (nSPS) is 10.4. The summed E-state index contributed by atoms with van der Waals surface area (Å²) in [7, 11) is 0. The lowest BCUT2D eigenvalue weighted by Gasteiger charge is -2.08. The number of halogens is 3. The molecular formula is C9H7F3O2. The lowest BCUT2D eigenvalue weighted by atomic mass is 10.1. The first-order valence-corrected chi connectivity index (χ1v) is 3.75. The first kappa shape index (κ1) is 10.6. The summed E-state index contributed by atoms with van der Waals surface area (Å²) >= 11 is 0. The van der Waals surface area contributed by atoms with Crippen molar-refractivity contribution in [1.29, 1.82) is 0 Å². The highest BCUT2D eigenvalue weighted by Crippen LogP contribution is 2.23. The lowest BCUT2D eigenvalue weighted by Crippen LogP contribution is -2.06. The minimum Gasteiger partial charge on any atom is -0.434 e. The van der Waals surface area contributed by atoms with Crippen LogP contribution in [0.3, 0.4) is 0 Å². The highest BCUT2D eigenvalue weighted by atomic mass is 19.3. The molecule has 0 aliphatic carbocycles. The molecule has 0 aliphatic rings. The standard InChI is InChI=1S/C9H7F3O2/c1-5-2-3-7(14-9(11)12)6(4-13)8(5)10/h2-4,9H,1H3. The average Bonchev–Trinajstić information content (AvgIpc) is 2.11. The van der Waals surface area contributed by atoms with Gasteiger partial charge in [-0.3, -0.25) is 4.79 Å². The van der Waals surface area contributed by atoms with Crippen LogP contribution in [-0.4, -0.2) is 12.9 Å². The van der Waals surface area contributed by atoms with Gasteiger partial charge in [-0.2, -0.15) is 8.78 Å². The van der Waals surface area contributed by atoms with Gasteiger partial charge in [-0.15, -0.1) is 0 Å². The van der Waals surface area contributed by atoms with Gasteiger partial charge in [0.05, 0.1) is 5.56 Å². The molecule has 0 unspecified atom stereocenters. The Balaban J connectivity index is 3.17. The van der Waals surface area contributed by atoms with E-state index in [0.29, 0.717) is 0 Å². The molecule has 2 nitrogen and oxygen atoms in total. The highest BCUT2D eigenvalue weighted by molar-refractivity contribution is 5.80. The van der Waals surface area contributed by atoms with Crippen LogP contribution in [0.5, 0.6) is 5.75 Å². The van der Waals surface area contributed by atoms with E-state index in [-0.39, 0.29) is 11.8 Å². The van der Waals surface area contributed by atoms with Crippen LogP contribution in [0.4, 0.5) is 13.2 Å². The molecule has 0 atom stereocenters. The molecule has 1 aromatic rings. The Morgan fingerprint density at radius 3 is 2.57 bits per heavy atom. The molecule has 76 valence electrons. The number of carbonyl (C=O) groups is 1. The van der Waals surface area contributed by atoms with E-state index in [1.54, 1.807) is 0 Å². The second-order valence-corrected chi connectivity index (χ2v) is 2.60. The summed E-state index contributed by atoms with van der Waals surface area (Å²) in [6.07, 6.45) is 0.153. The molecule has 0 fully saturated rings. The van der Waals surface area contributed by atoms with E-state index in [0.717, 1.165) is 6.07 Å². The van der Waals surface area contributed by atoms with Crippen molar-refractivity contribution in [3.8, 4) is 5.75 Å². The van der Waals surface area contributed by atoms with Crippen molar-refractivity contribution in [3.63, 3.8) is 0 Å². The maximum Gasteiger partial charge on any atom is 0.387 e. The fourth-order valence-corrected chi connectivity index (χ4v) is 0.993. The molecule has 1 rings (SSSR count). The molecule has 1 aromatic carbocycles. The van der Waals surface area contributed by atoms with Gasteiger partial charge in [-0.1, -0.05) is 6.07 Å². The van der Waals surface area contributed by atoms with E-state index in [2.05, 4.69) is 4.74 Å². The number of aldehydes is 1. The predicted molar refractivity (Wildman–Crippen MR) is 43.2 cm³/mol. The lowest BCUT2D eigenvalue weighted by molar-refractivity contribution is -0.0502. The van der Waals surface area contributed by atoms with E-state index < -0.39 is 23.7 Å². The van der Waals surface area contributed by atoms with Crippen LogP contribution in [0.2, 0.25) is 0 Å². The summed E-state index contributed by atoms with van der Waals surface area (Å²) < 4.78 is 40.7. The number of benzene rings is 1. The van der Waals surface area contributed by atoms with Crippen molar-refractivity contribution in [2.75, 3.05) is 0 Å². The van der Waals surface area contributed by atoms with Gasteiger partial charge in [-0.05, 0) is 18.6 Å². The van der Waals surface area contributed by atoms with Crippen molar-refractivity contribution in [2.24, 2.45) is 0 Å². The Morgan fingerprint density at radius 1 is 1.43 bits per heavy atom. The topological polar surface area (TPSA) is 26.3 Å². The number of aryl methyl sites for hydroxylation is 1. The fraction of sp³-hybridized carbons (Fsp3) is 0.222. The monoisotopic (exact) mass is 204 g/mol. The molecule has 0 saturated heterocycles.